The molecule has 2 aromatic carbocycles. The Morgan fingerprint density at radius 3 is 2.39 bits per heavy atom. The minimum absolute atomic E-state index is 0.141. The third-order valence-electron chi connectivity index (χ3n) is 6.30. The van der Waals surface area contributed by atoms with Crippen LogP contribution in [-0.2, 0) is 6.54 Å². The van der Waals surface area contributed by atoms with E-state index in [2.05, 4.69) is 62.6 Å². The van der Waals surface area contributed by atoms with Crippen molar-refractivity contribution < 1.29 is 4.79 Å². The molecule has 168 valence electrons. The Bertz CT molecular complexity index is 1260. The largest absolute Gasteiger partial charge is 0.369 e. The molecule has 1 aliphatic rings. The van der Waals surface area contributed by atoms with Crippen molar-refractivity contribution in [3.8, 4) is 0 Å². The molecule has 1 N–H and O–H groups in total. The highest BCUT2D eigenvalue weighted by Gasteiger charge is 2.18. The van der Waals surface area contributed by atoms with Gasteiger partial charge in [-0.2, -0.15) is 0 Å². The predicted octanol–water partition coefficient (Wildman–Crippen LogP) is 4.53. The number of piperazine rings is 1. The van der Waals surface area contributed by atoms with Gasteiger partial charge < -0.3 is 14.6 Å². The van der Waals surface area contributed by atoms with Crippen molar-refractivity contribution in [1.29, 1.82) is 0 Å². The van der Waals surface area contributed by atoms with Gasteiger partial charge in [-0.3, -0.25) is 9.69 Å². The minimum Gasteiger partial charge on any atom is -0.369 e. The fraction of sp³-hybridized carbons (Fsp3) is 0.259. The van der Waals surface area contributed by atoms with Crippen molar-refractivity contribution in [2.45, 2.75) is 20.4 Å². The number of benzene rings is 2. The van der Waals surface area contributed by atoms with E-state index in [9.17, 15) is 4.79 Å². The molecule has 6 nitrogen and oxygen atoms in total. The first kappa shape index (κ1) is 21.2. The molecule has 1 amide bonds. The van der Waals surface area contributed by atoms with Crippen molar-refractivity contribution in [3.05, 3.63) is 95.4 Å². The quantitative estimate of drug-likeness (QED) is 0.497. The maximum absolute atomic E-state index is 12.9. The number of nitrogens with zero attached hydrogens (tertiary/aromatic N) is 4. The maximum atomic E-state index is 12.9. The lowest BCUT2D eigenvalue weighted by molar-refractivity contribution is 0.102. The molecule has 0 aliphatic carbocycles. The van der Waals surface area contributed by atoms with E-state index in [0.29, 0.717) is 11.2 Å². The second-order valence-electron chi connectivity index (χ2n) is 8.71. The van der Waals surface area contributed by atoms with Gasteiger partial charge in [0.05, 0.1) is 5.56 Å². The zero-order valence-corrected chi connectivity index (χ0v) is 19.2. The standard InChI is InChI=1S/C27H29N5O/c1-20-18-21(2)32-13-12-25(26(32)28-20)27(33)29-23-8-10-24(11-9-23)31-16-14-30(15-17-31)19-22-6-4-3-5-7-22/h3-13,18H,14-17,19H2,1-2H3,(H,29,33). The summed E-state index contributed by atoms with van der Waals surface area (Å²) in [6, 6.07) is 22.6. The average molecular weight is 440 g/mol. The first-order valence-corrected chi connectivity index (χ1v) is 11.4. The van der Waals surface area contributed by atoms with Crippen molar-refractivity contribution in [3.63, 3.8) is 0 Å². The van der Waals surface area contributed by atoms with Crippen LogP contribution in [0.5, 0.6) is 0 Å². The van der Waals surface area contributed by atoms with Crippen LogP contribution in [0.25, 0.3) is 5.65 Å². The molecule has 6 heteroatoms. The van der Waals surface area contributed by atoms with Gasteiger partial charge in [0.1, 0.15) is 5.65 Å². The lowest BCUT2D eigenvalue weighted by Gasteiger charge is -2.36. The van der Waals surface area contributed by atoms with Gasteiger partial charge in [0.15, 0.2) is 0 Å². The smallest absolute Gasteiger partial charge is 0.259 e. The fourth-order valence-electron chi connectivity index (χ4n) is 4.53. The molecule has 2 aromatic heterocycles. The number of fused-ring (bicyclic) bond motifs is 1. The minimum atomic E-state index is -0.141. The number of nitrogens with one attached hydrogen (secondary N) is 1. The summed E-state index contributed by atoms with van der Waals surface area (Å²) in [5, 5.41) is 3.02. The highest BCUT2D eigenvalue weighted by Crippen LogP contribution is 2.22. The van der Waals surface area contributed by atoms with Gasteiger partial charge in [0.2, 0.25) is 0 Å². The first-order valence-electron chi connectivity index (χ1n) is 11.4. The van der Waals surface area contributed by atoms with Crippen LogP contribution in [0.3, 0.4) is 0 Å². The van der Waals surface area contributed by atoms with Gasteiger partial charge in [0.25, 0.3) is 5.91 Å². The third kappa shape index (κ3) is 4.61. The summed E-state index contributed by atoms with van der Waals surface area (Å²) in [5.41, 5.74) is 6.58. The Morgan fingerprint density at radius 1 is 0.939 bits per heavy atom. The molecular formula is C27H29N5O. The van der Waals surface area contributed by atoms with Crippen molar-refractivity contribution in [1.82, 2.24) is 14.3 Å². The van der Waals surface area contributed by atoms with Crippen LogP contribution < -0.4 is 10.2 Å². The summed E-state index contributed by atoms with van der Waals surface area (Å²) in [4.78, 5) is 22.4. The number of hydrogen-bond donors (Lipinski definition) is 1. The van der Waals surface area contributed by atoms with Crippen LogP contribution in [0, 0.1) is 13.8 Å². The van der Waals surface area contributed by atoms with Crippen molar-refractivity contribution in [2.24, 2.45) is 0 Å². The van der Waals surface area contributed by atoms with Gasteiger partial charge in [-0.05, 0) is 55.8 Å². The van der Waals surface area contributed by atoms with Gasteiger partial charge in [-0.25, -0.2) is 4.98 Å². The number of aromatic nitrogens is 2. The number of carbonyl (C=O) groups excluding carboxylic acids is 1. The van der Waals surface area contributed by atoms with Crippen molar-refractivity contribution >= 4 is 22.9 Å². The molecule has 33 heavy (non-hydrogen) atoms. The zero-order chi connectivity index (χ0) is 22.8. The van der Waals surface area contributed by atoms with Crippen LogP contribution in [0.2, 0.25) is 0 Å². The number of rotatable bonds is 5. The number of carbonyl (C=O) groups is 1. The lowest BCUT2D eigenvalue weighted by atomic mass is 10.2. The van der Waals surface area contributed by atoms with Crippen LogP contribution >= 0.6 is 0 Å². The van der Waals surface area contributed by atoms with Gasteiger partial charge in [-0.1, -0.05) is 30.3 Å². The summed E-state index contributed by atoms with van der Waals surface area (Å²) < 4.78 is 1.95. The SMILES string of the molecule is Cc1cc(C)n2ccc(C(=O)Nc3ccc(N4CCN(Cc5ccccc5)CC4)cc3)c2n1. The van der Waals surface area contributed by atoms with E-state index in [0.717, 1.165) is 49.8 Å². The molecule has 1 saturated heterocycles. The molecule has 5 rings (SSSR count). The number of aryl methyl sites for hydroxylation is 2. The zero-order valence-electron chi connectivity index (χ0n) is 19.2. The van der Waals surface area contributed by atoms with E-state index in [4.69, 9.17) is 0 Å². The molecule has 0 radical (unpaired) electrons. The number of anilines is 2. The highest BCUT2D eigenvalue weighted by molar-refractivity contribution is 6.08. The van der Waals surface area contributed by atoms with E-state index in [1.807, 2.05) is 48.7 Å². The molecule has 0 saturated carbocycles. The van der Waals surface area contributed by atoms with Gasteiger partial charge in [-0.15, -0.1) is 0 Å². The van der Waals surface area contributed by atoms with Gasteiger partial charge in [0, 0.05) is 61.7 Å². The van der Waals surface area contributed by atoms with Crippen LogP contribution in [0.4, 0.5) is 11.4 Å². The summed E-state index contributed by atoms with van der Waals surface area (Å²) >= 11 is 0. The number of hydrogen-bond acceptors (Lipinski definition) is 4. The molecule has 0 spiro atoms. The summed E-state index contributed by atoms with van der Waals surface area (Å²) in [7, 11) is 0. The maximum Gasteiger partial charge on any atom is 0.259 e. The molecule has 4 aromatic rings. The fourth-order valence-corrected chi connectivity index (χ4v) is 4.53. The summed E-state index contributed by atoms with van der Waals surface area (Å²) in [6.45, 7) is 9.05. The Labute approximate surface area is 194 Å². The van der Waals surface area contributed by atoms with Gasteiger partial charge >= 0.3 is 0 Å². The Kier molecular flexibility index (Phi) is 5.84. The Morgan fingerprint density at radius 2 is 1.67 bits per heavy atom. The first-order chi connectivity index (χ1) is 16.1. The van der Waals surface area contributed by atoms with E-state index in [-0.39, 0.29) is 5.91 Å². The van der Waals surface area contributed by atoms with E-state index in [1.165, 1.54) is 11.3 Å². The average Bonchev–Trinajstić information content (AvgIpc) is 3.25. The summed E-state index contributed by atoms with van der Waals surface area (Å²) in [5.74, 6) is -0.141. The Balaban J connectivity index is 1.20. The van der Waals surface area contributed by atoms with E-state index in [1.54, 1.807) is 0 Å². The van der Waals surface area contributed by atoms with E-state index >= 15 is 0 Å². The second-order valence-corrected chi connectivity index (χ2v) is 8.71. The third-order valence-corrected chi connectivity index (χ3v) is 6.30. The Hall–Kier alpha value is -3.64. The monoisotopic (exact) mass is 439 g/mol. The van der Waals surface area contributed by atoms with Crippen LogP contribution in [-0.4, -0.2) is 46.4 Å². The number of amides is 1. The summed E-state index contributed by atoms with van der Waals surface area (Å²) in [6.07, 6.45) is 1.90. The highest BCUT2D eigenvalue weighted by atomic mass is 16.1. The lowest BCUT2D eigenvalue weighted by Crippen LogP contribution is -2.45. The molecule has 0 unspecified atom stereocenters. The topological polar surface area (TPSA) is 52.9 Å². The predicted molar refractivity (Wildman–Crippen MR) is 133 cm³/mol. The normalized spacial score (nSPS) is 14.5. The second kappa shape index (κ2) is 9.08. The molecule has 0 atom stereocenters. The molecule has 1 fully saturated rings. The molecule has 0 bridgehead atoms. The molecule has 3 heterocycles. The van der Waals surface area contributed by atoms with Crippen LogP contribution in [0.1, 0.15) is 27.3 Å². The van der Waals surface area contributed by atoms with E-state index < -0.39 is 0 Å². The van der Waals surface area contributed by atoms with Crippen LogP contribution in [0.15, 0.2) is 72.9 Å². The molecular weight excluding hydrogens is 410 g/mol. The van der Waals surface area contributed by atoms with Crippen molar-refractivity contribution in [2.75, 3.05) is 36.4 Å². The molecule has 1 aliphatic heterocycles.